The SMILES string of the molecule is CC(C)OC(=O)c1cccc(Nc2nc(C(C)C)cc(=O)[nH]2)c1. The van der Waals surface area contributed by atoms with E-state index in [4.69, 9.17) is 4.74 Å². The van der Waals surface area contributed by atoms with Crippen molar-refractivity contribution in [3.05, 3.63) is 51.9 Å². The van der Waals surface area contributed by atoms with Crippen molar-refractivity contribution in [2.75, 3.05) is 5.32 Å². The summed E-state index contributed by atoms with van der Waals surface area (Å²) in [6, 6.07) is 8.34. The number of carbonyl (C=O) groups is 1. The first-order valence-electron chi connectivity index (χ1n) is 7.54. The molecule has 2 aromatic rings. The fourth-order valence-corrected chi connectivity index (χ4v) is 1.97. The van der Waals surface area contributed by atoms with Crippen molar-refractivity contribution in [1.82, 2.24) is 9.97 Å². The van der Waals surface area contributed by atoms with Crippen LogP contribution in [0.2, 0.25) is 0 Å². The van der Waals surface area contributed by atoms with Crippen LogP contribution in [0, 0.1) is 0 Å². The summed E-state index contributed by atoms with van der Waals surface area (Å²) in [5.74, 6) is 0.0989. The number of carbonyl (C=O) groups excluding carboxylic acids is 1. The number of H-pyrrole nitrogens is 1. The number of nitrogens with one attached hydrogen (secondary N) is 2. The number of ether oxygens (including phenoxy) is 1. The third-order valence-electron chi connectivity index (χ3n) is 3.06. The van der Waals surface area contributed by atoms with Crippen molar-refractivity contribution in [3.8, 4) is 0 Å². The minimum absolute atomic E-state index is 0.144. The van der Waals surface area contributed by atoms with Crippen molar-refractivity contribution < 1.29 is 9.53 Å². The van der Waals surface area contributed by atoms with Gasteiger partial charge in [-0.15, -0.1) is 0 Å². The van der Waals surface area contributed by atoms with E-state index in [-0.39, 0.29) is 23.6 Å². The number of benzene rings is 1. The van der Waals surface area contributed by atoms with Crippen LogP contribution in [0.4, 0.5) is 11.6 Å². The fourth-order valence-electron chi connectivity index (χ4n) is 1.97. The van der Waals surface area contributed by atoms with E-state index in [9.17, 15) is 9.59 Å². The molecule has 1 aromatic carbocycles. The molecule has 1 aromatic heterocycles. The summed E-state index contributed by atoms with van der Waals surface area (Å²) in [5.41, 5.74) is 1.56. The van der Waals surface area contributed by atoms with Crippen LogP contribution in [0.5, 0.6) is 0 Å². The van der Waals surface area contributed by atoms with Gasteiger partial charge in [0.15, 0.2) is 0 Å². The zero-order valence-electron chi connectivity index (χ0n) is 13.7. The van der Waals surface area contributed by atoms with Gasteiger partial charge >= 0.3 is 5.97 Å². The fraction of sp³-hybridized carbons (Fsp3) is 0.353. The number of nitrogens with zero attached hydrogens (tertiary/aromatic N) is 1. The van der Waals surface area contributed by atoms with E-state index in [0.717, 1.165) is 0 Å². The first-order chi connectivity index (χ1) is 10.8. The Morgan fingerprint density at radius 2 is 1.96 bits per heavy atom. The van der Waals surface area contributed by atoms with E-state index in [1.165, 1.54) is 6.07 Å². The van der Waals surface area contributed by atoms with Crippen LogP contribution in [-0.2, 0) is 4.74 Å². The first-order valence-corrected chi connectivity index (χ1v) is 7.54. The Morgan fingerprint density at radius 3 is 2.61 bits per heavy atom. The average molecular weight is 315 g/mol. The Balaban J connectivity index is 2.24. The lowest BCUT2D eigenvalue weighted by atomic mass is 10.1. The number of hydrogen-bond donors (Lipinski definition) is 2. The highest BCUT2D eigenvalue weighted by Crippen LogP contribution is 2.17. The van der Waals surface area contributed by atoms with Gasteiger partial charge in [0, 0.05) is 11.8 Å². The van der Waals surface area contributed by atoms with Gasteiger partial charge in [0.25, 0.3) is 5.56 Å². The third kappa shape index (κ3) is 4.67. The number of aromatic nitrogens is 2. The second-order valence-electron chi connectivity index (χ2n) is 5.83. The van der Waals surface area contributed by atoms with Gasteiger partial charge in [-0.05, 0) is 38.0 Å². The molecular weight excluding hydrogens is 294 g/mol. The van der Waals surface area contributed by atoms with Crippen LogP contribution in [0.25, 0.3) is 0 Å². The molecule has 0 saturated carbocycles. The molecule has 0 unspecified atom stereocenters. The number of esters is 1. The van der Waals surface area contributed by atoms with Crippen LogP contribution >= 0.6 is 0 Å². The number of anilines is 2. The Morgan fingerprint density at radius 1 is 1.22 bits per heavy atom. The lowest BCUT2D eigenvalue weighted by molar-refractivity contribution is 0.0378. The van der Waals surface area contributed by atoms with E-state index in [2.05, 4.69) is 15.3 Å². The van der Waals surface area contributed by atoms with Gasteiger partial charge in [-0.25, -0.2) is 9.78 Å². The quantitative estimate of drug-likeness (QED) is 0.828. The van der Waals surface area contributed by atoms with E-state index in [1.54, 1.807) is 38.1 Å². The van der Waals surface area contributed by atoms with Gasteiger partial charge in [0.05, 0.1) is 17.4 Å². The van der Waals surface area contributed by atoms with Gasteiger partial charge in [0.2, 0.25) is 5.95 Å². The molecule has 0 aliphatic heterocycles. The van der Waals surface area contributed by atoms with Gasteiger partial charge in [-0.1, -0.05) is 19.9 Å². The maximum Gasteiger partial charge on any atom is 0.338 e. The summed E-state index contributed by atoms with van der Waals surface area (Å²) in [6.45, 7) is 7.53. The molecule has 0 saturated heterocycles. The van der Waals surface area contributed by atoms with E-state index < -0.39 is 0 Å². The van der Waals surface area contributed by atoms with Crippen LogP contribution in [0.15, 0.2) is 35.1 Å². The number of aromatic amines is 1. The van der Waals surface area contributed by atoms with Crippen molar-refractivity contribution >= 4 is 17.6 Å². The molecular formula is C17H21N3O3. The summed E-state index contributed by atoms with van der Waals surface area (Å²) in [6.07, 6.45) is -0.181. The summed E-state index contributed by atoms with van der Waals surface area (Å²) in [4.78, 5) is 30.6. The first kappa shape index (κ1) is 16.7. The number of hydrogen-bond acceptors (Lipinski definition) is 5. The lowest BCUT2D eigenvalue weighted by Gasteiger charge is -2.11. The van der Waals surface area contributed by atoms with E-state index in [1.807, 2.05) is 13.8 Å². The number of rotatable bonds is 5. The molecule has 0 aliphatic carbocycles. The standard InChI is InChI=1S/C17H21N3O3/c1-10(2)14-9-15(21)20-17(19-14)18-13-7-5-6-12(8-13)16(22)23-11(3)4/h5-11H,1-4H3,(H2,18,19,20,21). The van der Waals surface area contributed by atoms with Gasteiger partial charge in [-0.2, -0.15) is 0 Å². The molecule has 0 spiro atoms. The zero-order valence-corrected chi connectivity index (χ0v) is 13.7. The highest BCUT2D eigenvalue weighted by molar-refractivity contribution is 5.90. The molecule has 0 fully saturated rings. The van der Waals surface area contributed by atoms with Crippen LogP contribution < -0.4 is 10.9 Å². The third-order valence-corrected chi connectivity index (χ3v) is 3.06. The molecule has 1 heterocycles. The Bertz CT molecular complexity index is 751. The van der Waals surface area contributed by atoms with E-state index in [0.29, 0.717) is 22.9 Å². The highest BCUT2D eigenvalue weighted by atomic mass is 16.5. The molecule has 0 atom stereocenters. The van der Waals surface area contributed by atoms with Crippen molar-refractivity contribution in [2.45, 2.75) is 39.7 Å². The predicted molar refractivity (Wildman–Crippen MR) is 89.2 cm³/mol. The monoisotopic (exact) mass is 315 g/mol. The van der Waals surface area contributed by atoms with E-state index >= 15 is 0 Å². The summed E-state index contributed by atoms with van der Waals surface area (Å²) >= 11 is 0. The van der Waals surface area contributed by atoms with Crippen LogP contribution in [0.3, 0.4) is 0 Å². The zero-order chi connectivity index (χ0) is 17.0. The average Bonchev–Trinajstić information content (AvgIpc) is 2.46. The highest BCUT2D eigenvalue weighted by Gasteiger charge is 2.10. The van der Waals surface area contributed by atoms with Crippen LogP contribution in [-0.4, -0.2) is 22.0 Å². The van der Waals surface area contributed by atoms with Crippen molar-refractivity contribution in [3.63, 3.8) is 0 Å². The molecule has 0 bridgehead atoms. The van der Waals surface area contributed by atoms with Crippen molar-refractivity contribution in [1.29, 1.82) is 0 Å². The maximum absolute atomic E-state index is 11.9. The molecule has 23 heavy (non-hydrogen) atoms. The minimum Gasteiger partial charge on any atom is -0.459 e. The van der Waals surface area contributed by atoms with Crippen LogP contribution in [0.1, 0.15) is 49.7 Å². The van der Waals surface area contributed by atoms with Gasteiger partial charge in [0.1, 0.15) is 0 Å². The second kappa shape index (κ2) is 7.09. The summed E-state index contributed by atoms with van der Waals surface area (Å²) < 4.78 is 5.17. The Kier molecular flexibility index (Phi) is 5.16. The molecule has 0 radical (unpaired) electrons. The maximum atomic E-state index is 11.9. The Labute approximate surface area is 134 Å². The molecule has 122 valence electrons. The predicted octanol–water partition coefficient (Wildman–Crippen LogP) is 3.20. The summed E-state index contributed by atoms with van der Waals surface area (Å²) in [5, 5.41) is 3.01. The minimum atomic E-state index is -0.388. The second-order valence-corrected chi connectivity index (χ2v) is 5.83. The summed E-state index contributed by atoms with van der Waals surface area (Å²) in [7, 11) is 0. The largest absolute Gasteiger partial charge is 0.459 e. The Hall–Kier alpha value is -2.63. The normalized spacial score (nSPS) is 10.9. The molecule has 6 heteroatoms. The molecule has 6 nitrogen and oxygen atoms in total. The molecule has 0 aliphatic rings. The van der Waals surface area contributed by atoms with Gasteiger partial charge in [-0.3, -0.25) is 9.78 Å². The molecule has 2 N–H and O–H groups in total. The van der Waals surface area contributed by atoms with Gasteiger partial charge < -0.3 is 10.1 Å². The topological polar surface area (TPSA) is 84.1 Å². The molecule has 2 rings (SSSR count). The lowest BCUT2D eigenvalue weighted by Crippen LogP contribution is -2.13. The van der Waals surface area contributed by atoms with Crippen molar-refractivity contribution in [2.24, 2.45) is 0 Å². The molecule has 0 amide bonds. The smallest absolute Gasteiger partial charge is 0.338 e.